The molecule has 0 aliphatic carbocycles. The molecule has 110 valence electrons. The van der Waals surface area contributed by atoms with Gasteiger partial charge in [-0.25, -0.2) is 4.98 Å². The number of nitrogens with one attached hydrogen (secondary N) is 2. The average Bonchev–Trinajstić information content (AvgIpc) is 3.17. The van der Waals surface area contributed by atoms with E-state index in [9.17, 15) is 4.79 Å². The fourth-order valence-corrected chi connectivity index (χ4v) is 3.26. The predicted octanol–water partition coefficient (Wildman–Crippen LogP) is 1.28. The zero-order valence-electron chi connectivity index (χ0n) is 12.2. The number of hydrogen-bond acceptors (Lipinski definition) is 4. The van der Waals surface area contributed by atoms with Gasteiger partial charge in [-0.2, -0.15) is 0 Å². The van der Waals surface area contributed by atoms with Crippen LogP contribution in [0.3, 0.4) is 0 Å². The van der Waals surface area contributed by atoms with Gasteiger partial charge in [0.25, 0.3) is 5.91 Å². The molecule has 2 N–H and O–H groups in total. The Bertz CT molecular complexity index is 478. The summed E-state index contributed by atoms with van der Waals surface area (Å²) in [6.45, 7) is 5.97. The monoisotopic (exact) mass is 277 g/mol. The van der Waals surface area contributed by atoms with Crippen LogP contribution >= 0.6 is 0 Å². The second kappa shape index (κ2) is 5.52. The van der Waals surface area contributed by atoms with Crippen LogP contribution in [0.15, 0.2) is 0 Å². The Balaban J connectivity index is 1.74. The van der Waals surface area contributed by atoms with E-state index in [1.54, 1.807) is 0 Å². The van der Waals surface area contributed by atoms with Crippen molar-refractivity contribution in [1.29, 1.82) is 0 Å². The van der Waals surface area contributed by atoms with E-state index in [1.807, 2.05) is 18.7 Å². The van der Waals surface area contributed by atoms with Crippen molar-refractivity contribution in [3.8, 4) is 0 Å². The summed E-state index contributed by atoms with van der Waals surface area (Å²) in [4.78, 5) is 18.9. The van der Waals surface area contributed by atoms with E-state index < -0.39 is 0 Å². The Morgan fingerprint density at radius 2 is 2.20 bits per heavy atom. The van der Waals surface area contributed by atoms with Crippen molar-refractivity contribution in [3.63, 3.8) is 0 Å². The second-order valence-corrected chi connectivity index (χ2v) is 6.11. The van der Waals surface area contributed by atoms with E-state index in [-0.39, 0.29) is 11.8 Å². The lowest BCUT2D eigenvalue weighted by Gasteiger charge is -2.28. The molecule has 2 unspecified atom stereocenters. The van der Waals surface area contributed by atoms with Crippen LogP contribution in [0.4, 0.5) is 0 Å². The van der Waals surface area contributed by atoms with Gasteiger partial charge < -0.3 is 10.2 Å². The van der Waals surface area contributed by atoms with E-state index in [1.165, 1.54) is 12.8 Å². The maximum absolute atomic E-state index is 12.6. The van der Waals surface area contributed by atoms with Crippen LogP contribution in [0, 0.1) is 0 Å². The van der Waals surface area contributed by atoms with E-state index in [0.717, 1.165) is 31.8 Å². The molecular formula is C14H23N5O. The summed E-state index contributed by atoms with van der Waals surface area (Å²) in [5.74, 6) is 1.33. The molecule has 3 rings (SSSR count). The molecule has 1 aromatic rings. The third-order valence-electron chi connectivity index (χ3n) is 4.36. The van der Waals surface area contributed by atoms with E-state index in [2.05, 4.69) is 20.5 Å². The fraction of sp³-hybridized carbons (Fsp3) is 0.786. The highest BCUT2D eigenvalue weighted by molar-refractivity contribution is 5.90. The molecule has 1 amide bonds. The van der Waals surface area contributed by atoms with Gasteiger partial charge in [-0.05, 0) is 32.2 Å². The summed E-state index contributed by atoms with van der Waals surface area (Å²) in [5, 5.41) is 10.5. The summed E-state index contributed by atoms with van der Waals surface area (Å²) in [6, 6.07) is 0.760. The number of likely N-dealkylation sites (tertiary alicyclic amines) is 1. The lowest BCUT2D eigenvalue weighted by molar-refractivity contribution is 0.0699. The van der Waals surface area contributed by atoms with Gasteiger partial charge in [0, 0.05) is 24.5 Å². The number of rotatable bonds is 3. The van der Waals surface area contributed by atoms with Crippen LogP contribution in [-0.4, -0.2) is 51.2 Å². The Labute approximate surface area is 119 Å². The minimum atomic E-state index is -0.0237. The summed E-state index contributed by atoms with van der Waals surface area (Å²) >= 11 is 0. The molecule has 0 radical (unpaired) electrons. The molecule has 2 saturated heterocycles. The van der Waals surface area contributed by atoms with Crippen molar-refractivity contribution in [1.82, 2.24) is 25.4 Å². The van der Waals surface area contributed by atoms with Gasteiger partial charge in [-0.3, -0.25) is 9.89 Å². The molecule has 1 aromatic heterocycles. The number of carbonyl (C=O) groups excluding carboxylic acids is 1. The van der Waals surface area contributed by atoms with Crippen LogP contribution < -0.4 is 5.32 Å². The second-order valence-electron chi connectivity index (χ2n) is 6.11. The van der Waals surface area contributed by atoms with E-state index >= 15 is 0 Å². The number of aromatic nitrogens is 3. The minimum Gasteiger partial charge on any atom is -0.331 e. The van der Waals surface area contributed by atoms with Gasteiger partial charge in [-0.15, -0.1) is 5.10 Å². The molecule has 0 spiro atoms. The summed E-state index contributed by atoms with van der Waals surface area (Å²) < 4.78 is 0. The number of aromatic amines is 1. The standard InChI is InChI=1S/C14H23N5O/c1-9(2)12-16-13(18-17-12)14(20)19-8-4-6-11(19)10-5-3-7-15-10/h9-11,15H,3-8H2,1-2H3,(H,16,17,18). The zero-order valence-corrected chi connectivity index (χ0v) is 12.2. The minimum absolute atomic E-state index is 0.0237. The van der Waals surface area contributed by atoms with Crippen molar-refractivity contribution < 1.29 is 4.79 Å². The Morgan fingerprint density at radius 1 is 1.35 bits per heavy atom. The number of hydrogen-bond donors (Lipinski definition) is 2. The van der Waals surface area contributed by atoms with Gasteiger partial charge in [0.15, 0.2) is 0 Å². The van der Waals surface area contributed by atoms with Gasteiger partial charge >= 0.3 is 0 Å². The molecule has 2 aliphatic rings. The largest absolute Gasteiger partial charge is 0.331 e. The predicted molar refractivity (Wildman–Crippen MR) is 75.6 cm³/mol. The highest BCUT2D eigenvalue weighted by atomic mass is 16.2. The van der Waals surface area contributed by atoms with Gasteiger partial charge in [0.05, 0.1) is 0 Å². The smallest absolute Gasteiger partial charge is 0.293 e. The highest BCUT2D eigenvalue weighted by Crippen LogP contribution is 2.26. The maximum Gasteiger partial charge on any atom is 0.293 e. The number of carbonyl (C=O) groups is 1. The molecule has 2 fully saturated rings. The van der Waals surface area contributed by atoms with Crippen LogP contribution in [0.1, 0.15) is 61.9 Å². The number of amides is 1. The molecule has 20 heavy (non-hydrogen) atoms. The first-order chi connectivity index (χ1) is 9.66. The zero-order chi connectivity index (χ0) is 14.1. The van der Waals surface area contributed by atoms with Crippen LogP contribution in [0.25, 0.3) is 0 Å². The topological polar surface area (TPSA) is 73.9 Å². The quantitative estimate of drug-likeness (QED) is 0.873. The molecule has 0 aromatic carbocycles. The molecule has 0 saturated carbocycles. The van der Waals surface area contributed by atoms with Gasteiger partial charge in [-0.1, -0.05) is 13.8 Å². The Morgan fingerprint density at radius 3 is 2.85 bits per heavy atom. The lowest BCUT2D eigenvalue weighted by atomic mass is 10.0. The van der Waals surface area contributed by atoms with Crippen molar-refractivity contribution in [2.24, 2.45) is 0 Å². The molecule has 2 atom stereocenters. The fourth-order valence-electron chi connectivity index (χ4n) is 3.26. The van der Waals surface area contributed by atoms with Gasteiger partial charge in [0.2, 0.25) is 5.82 Å². The van der Waals surface area contributed by atoms with Crippen LogP contribution in [-0.2, 0) is 0 Å². The first kappa shape index (κ1) is 13.5. The summed E-state index contributed by atoms with van der Waals surface area (Å²) in [5.41, 5.74) is 0. The van der Waals surface area contributed by atoms with Gasteiger partial charge in [0.1, 0.15) is 5.82 Å². The molecular weight excluding hydrogens is 254 g/mol. The third-order valence-corrected chi connectivity index (χ3v) is 4.36. The van der Waals surface area contributed by atoms with Crippen molar-refractivity contribution in [3.05, 3.63) is 11.6 Å². The van der Waals surface area contributed by atoms with Crippen molar-refractivity contribution >= 4 is 5.91 Å². The Kier molecular flexibility index (Phi) is 3.74. The SMILES string of the molecule is CC(C)c1nc(C(=O)N2CCCC2C2CCCN2)n[nH]1. The molecule has 2 aliphatic heterocycles. The lowest BCUT2D eigenvalue weighted by Crippen LogP contribution is -2.46. The molecule has 3 heterocycles. The Hall–Kier alpha value is -1.43. The highest BCUT2D eigenvalue weighted by Gasteiger charge is 2.37. The number of nitrogens with zero attached hydrogens (tertiary/aromatic N) is 3. The third kappa shape index (κ3) is 2.44. The molecule has 0 bridgehead atoms. The average molecular weight is 277 g/mol. The first-order valence-corrected chi connectivity index (χ1v) is 7.63. The molecule has 6 heteroatoms. The van der Waals surface area contributed by atoms with E-state index in [4.69, 9.17) is 0 Å². The van der Waals surface area contributed by atoms with E-state index in [0.29, 0.717) is 17.9 Å². The first-order valence-electron chi connectivity index (χ1n) is 7.63. The van der Waals surface area contributed by atoms with Crippen molar-refractivity contribution in [2.75, 3.05) is 13.1 Å². The van der Waals surface area contributed by atoms with Crippen LogP contribution in [0.5, 0.6) is 0 Å². The summed E-state index contributed by atoms with van der Waals surface area (Å²) in [7, 11) is 0. The number of H-pyrrole nitrogens is 1. The van der Waals surface area contributed by atoms with Crippen LogP contribution in [0.2, 0.25) is 0 Å². The normalized spacial score (nSPS) is 26.6. The maximum atomic E-state index is 12.6. The summed E-state index contributed by atoms with van der Waals surface area (Å²) in [6.07, 6.45) is 4.54. The van der Waals surface area contributed by atoms with Crippen molar-refractivity contribution in [2.45, 2.75) is 57.5 Å². The molecule has 6 nitrogen and oxygen atoms in total.